The summed E-state index contributed by atoms with van der Waals surface area (Å²) in [6.45, 7) is 8.36. The van der Waals surface area contributed by atoms with E-state index in [1.807, 2.05) is 6.92 Å². The predicted molar refractivity (Wildman–Crippen MR) is 108 cm³/mol. The zero-order valence-corrected chi connectivity index (χ0v) is 17.2. The van der Waals surface area contributed by atoms with E-state index < -0.39 is 23.2 Å². The lowest BCUT2D eigenvalue weighted by Gasteiger charge is -2.16. The van der Waals surface area contributed by atoms with Gasteiger partial charge in [-0.05, 0) is 32.8 Å². The Morgan fingerprint density at radius 3 is 2.34 bits per heavy atom. The first-order valence-electron chi connectivity index (χ1n) is 9.72. The van der Waals surface area contributed by atoms with E-state index in [4.69, 9.17) is 8.83 Å². The van der Waals surface area contributed by atoms with E-state index in [1.165, 1.54) is 19.9 Å². The number of aliphatic hydroxyl groups is 2. The third-order valence-corrected chi connectivity index (χ3v) is 5.32. The Labute approximate surface area is 167 Å². The summed E-state index contributed by atoms with van der Waals surface area (Å²) in [4.78, 5) is 25.3. The van der Waals surface area contributed by atoms with E-state index >= 15 is 0 Å². The number of ketones is 1. The Bertz CT molecular complexity index is 1140. The molecule has 0 fully saturated rings. The minimum absolute atomic E-state index is 0.118. The summed E-state index contributed by atoms with van der Waals surface area (Å²) in [6.07, 6.45) is -0.162. The van der Waals surface area contributed by atoms with Crippen molar-refractivity contribution in [1.29, 1.82) is 0 Å². The van der Waals surface area contributed by atoms with Gasteiger partial charge in [0.25, 0.3) is 0 Å². The summed E-state index contributed by atoms with van der Waals surface area (Å²) >= 11 is 0. The molecule has 0 saturated carbocycles. The summed E-state index contributed by atoms with van der Waals surface area (Å²) in [5, 5.41) is 32.3. The number of Topliss-reactive ketones (excluding diaryl/α,β-unsaturated/α-hetero) is 1. The Hall–Kier alpha value is -2.64. The molecule has 3 aromatic rings. The number of rotatable bonds is 6. The lowest BCUT2D eigenvalue weighted by Crippen LogP contribution is -2.13. The van der Waals surface area contributed by atoms with Gasteiger partial charge in [0, 0.05) is 17.5 Å². The van der Waals surface area contributed by atoms with Gasteiger partial charge in [-0.2, -0.15) is 0 Å². The second-order valence-corrected chi connectivity index (χ2v) is 7.96. The van der Waals surface area contributed by atoms with E-state index in [0.29, 0.717) is 12.8 Å². The Kier molecular flexibility index (Phi) is 5.32. The number of hydrogen-bond donors (Lipinski definition) is 3. The monoisotopic (exact) mass is 402 g/mol. The highest BCUT2D eigenvalue weighted by Crippen LogP contribution is 2.44. The quantitative estimate of drug-likeness (QED) is 0.418. The highest BCUT2D eigenvalue weighted by Gasteiger charge is 2.31. The molecule has 0 saturated heterocycles. The van der Waals surface area contributed by atoms with Crippen LogP contribution in [0.15, 0.2) is 25.8 Å². The maximum atomic E-state index is 13.1. The molecule has 0 radical (unpaired) electrons. The van der Waals surface area contributed by atoms with E-state index in [-0.39, 0.29) is 50.4 Å². The standard InChI is InChI=1S/C22H26O7/c1-6-10(3)18(25)17-19(26)12-8-14(22(4,5)27)28-20(12)16-11(13(23)7-2)9-15(24)29-21(16)17/h8-10,13,23,26-27H,6-7H2,1-5H3. The summed E-state index contributed by atoms with van der Waals surface area (Å²) in [7, 11) is 0. The number of aliphatic hydroxyl groups excluding tert-OH is 1. The van der Waals surface area contributed by atoms with Crippen LogP contribution in [-0.4, -0.2) is 21.1 Å². The average molecular weight is 402 g/mol. The van der Waals surface area contributed by atoms with Crippen LogP contribution in [0.3, 0.4) is 0 Å². The number of aromatic hydroxyl groups is 1. The van der Waals surface area contributed by atoms with Crippen molar-refractivity contribution in [3.63, 3.8) is 0 Å². The molecule has 0 aliphatic carbocycles. The number of hydrogen-bond acceptors (Lipinski definition) is 7. The first-order valence-corrected chi connectivity index (χ1v) is 9.72. The molecule has 3 rings (SSSR count). The molecule has 7 nitrogen and oxygen atoms in total. The Morgan fingerprint density at radius 2 is 1.79 bits per heavy atom. The molecular formula is C22H26O7. The second-order valence-electron chi connectivity index (χ2n) is 7.96. The molecule has 2 unspecified atom stereocenters. The van der Waals surface area contributed by atoms with Gasteiger partial charge in [0.1, 0.15) is 28.3 Å². The minimum atomic E-state index is -1.35. The van der Waals surface area contributed by atoms with E-state index in [2.05, 4.69) is 0 Å². The predicted octanol–water partition coefficient (Wildman–Crippen LogP) is 4.14. The van der Waals surface area contributed by atoms with Crippen LogP contribution < -0.4 is 5.63 Å². The third kappa shape index (κ3) is 3.45. The van der Waals surface area contributed by atoms with Crippen molar-refractivity contribution < 1.29 is 28.9 Å². The van der Waals surface area contributed by atoms with Gasteiger partial charge in [-0.25, -0.2) is 4.79 Å². The summed E-state index contributed by atoms with van der Waals surface area (Å²) in [5.74, 6) is -1.01. The molecule has 156 valence electrons. The van der Waals surface area contributed by atoms with Gasteiger partial charge in [-0.1, -0.05) is 20.8 Å². The maximum absolute atomic E-state index is 13.1. The molecule has 3 N–H and O–H groups in total. The third-order valence-electron chi connectivity index (χ3n) is 5.32. The number of furan rings is 1. The molecule has 2 atom stereocenters. The van der Waals surface area contributed by atoms with Gasteiger partial charge < -0.3 is 24.2 Å². The van der Waals surface area contributed by atoms with E-state index in [1.54, 1.807) is 13.8 Å². The summed E-state index contributed by atoms with van der Waals surface area (Å²) in [5.41, 5.74) is -1.94. The first kappa shape index (κ1) is 21.1. The molecule has 0 aliphatic rings. The molecule has 2 heterocycles. The Morgan fingerprint density at radius 1 is 1.14 bits per heavy atom. The highest BCUT2D eigenvalue weighted by molar-refractivity contribution is 6.19. The van der Waals surface area contributed by atoms with Crippen LogP contribution in [-0.2, 0) is 5.60 Å². The van der Waals surface area contributed by atoms with Crippen molar-refractivity contribution in [2.24, 2.45) is 5.92 Å². The molecule has 0 spiro atoms. The smallest absolute Gasteiger partial charge is 0.336 e. The van der Waals surface area contributed by atoms with Crippen LogP contribution in [0.2, 0.25) is 0 Å². The zero-order chi connectivity index (χ0) is 21.7. The van der Waals surface area contributed by atoms with Crippen molar-refractivity contribution in [2.45, 2.75) is 59.2 Å². The largest absolute Gasteiger partial charge is 0.506 e. The lowest BCUT2D eigenvalue weighted by atomic mass is 9.91. The number of phenols is 1. The fraction of sp³-hybridized carbons (Fsp3) is 0.455. The molecule has 2 aromatic heterocycles. The van der Waals surface area contributed by atoms with Crippen molar-refractivity contribution in [3.8, 4) is 5.75 Å². The molecular weight excluding hydrogens is 376 g/mol. The van der Waals surface area contributed by atoms with Crippen LogP contribution in [0.1, 0.15) is 75.2 Å². The normalized spacial score (nSPS) is 14.4. The fourth-order valence-corrected chi connectivity index (χ4v) is 3.36. The molecule has 0 bridgehead atoms. The molecule has 0 amide bonds. The molecule has 0 aliphatic heterocycles. The Balaban J connectivity index is 2.59. The topological polar surface area (TPSA) is 121 Å². The number of phenolic OH excluding ortho intramolecular Hbond substituents is 1. The number of benzene rings is 1. The van der Waals surface area contributed by atoms with Crippen molar-refractivity contribution in [2.75, 3.05) is 0 Å². The van der Waals surface area contributed by atoms with E-state index in [9.17, 15) is 24.9 Å². The average Bonchev–Trinajstić information content (AvgIpc) is 3.12. The fourth-order valence-electron chi connectivity index (χ4n) is 3.36. The van der Waals surface area contributed by atoms with Crippen molar-refractivity contribution in [1.82, 2.24) is 0 Å². The van der Waals surface area contributed by atoms with Gasteiger partial charge in [0.15, 0.2) is 11.4 Å². The van der Waals surface area contributed by atoms with Gasteiger partial charge in [0.2, 0.25) is 0 Å². The van der Waals surface area contributed by atoms with Crippen molar-refractivity contribution >= 4 is 27.7 Å². The number of carbonyl (C=O) groups excluding carboxylic acids is 1. The highest BCUT2D eigenvalue weighted by atomic mass is 16.4. The van der Waals surface area contributed by atoms with Gasteiger partial charge in [-0.3, -0.25) is 4.79 Å². The SMILES string of the molecule is CCC(C)C(=O)c1c(O)c2cc(C(C)(C)O)oc2c2c(C(O)CC)cc(=O)oc12. The van der Waals surface area contributed by atoms with Gasteiger partial charge in [0.05, 0.1) is 16.9 Å². The molecule has 1 aromatic carbocycles. The van der Waals surface area contributed by atoms with Crippen LogP contribution in [0, 0.1) is 5.92 Å². The zero-order valence-electron chi connectivity index (χ0n) is 17.2. The van der Waals surface area contributed by atoms with Gasteiger partial charge in [-0.15, -0.1) is 0 Å². The van der Waals surface area contributed by atoms with Crippen molar-refractivity contribution in [3.05, 3.63) is 39.4 Å². The number of fused-ring (bicyclic) bond motifs is 3. The maximum Gasteiger partial charge on any atom is 0.336 e. The van der Waals surface area contributed by atoms with Crippen LogP contribution >= 0.6 is 0 Å². The van der Waals surface area contributed by atoms with Crippen LogP contribution in [0.25, 0.3) is 21.9 Å². The minimum Gasteiger partial charge on any atom is -0.506 e. The molecule has 29 heavy (non-hydrogen) atoms. The second kappa shape index (κ2) is 7.31. The first-order chi connectivity index (χ1) is 13.5. The van der Waals surface area contributed by atoms with Crippen LogP contribution in [0.5, 0.6) is 5.75 Å². The molecule has 7 heteroatoms. The van der Waals surface area contributed by atoms with Crippen LogP contribution in [0.4, 0.5) is 0 Å². The summed E-state index contributed by atoms with van der Waals surface area (Å²) in [6, 6.07) is 2.63. The number of carbonyl (C=O) groups is 1. The van der Waals surface area contributed by atoms with E-state index in [0.717, 1.165) is 6.07 Å². The lowest BCUT2D eigenvalue weighted by molar-refractivity contribution is 0.0559. The van der Waals surface area contributed by atoms with Gasteiger partial charge >= 0.3 is 5.63 Å². The summed E-state index contributed by atoms with van der Waals surface area (Å²) < 4.78 is 11.2.